The van der Waals surface area contributed by atoms with Crippen LogP contribution in [0.25, 0.3) is 0 Å². The van der Waals surface area contributed by atoms with Gasteiger partial charge in [0.15, 0.2) is 0 Å². The first-order chi connectivity index (χ1) is 8.43. The van der Waals surface area contributed by atoms with E-state index in [1.54, 1.807) is 6.92 Å². The van der Waals surface area contributed by atoms with E-state index in [-0.39, 0.29) is 22.8 Å². The monoisotopic (exact) mass is 272 g/mol. The third-order valence-electron chi connectivity index (χ3n) is 2.26. The van der Waals surface area contributed by atoms with Crippen LogP contribution in [0.4, 0.5) is 5.69 Å². The van der Waals surface area contributed by atoms with E-state index in [0.29, 0.717) is 6.42 Å². The van der Waals surface area contributed by atoms with Gasteiger partial charge in [0.2, 0.25) is 0 Å². The van der Waals surface area contributed by atoms with Crippen LogP contribution in [-0.4, -0.2) is 28.6 Å². The van der Waals surface area contributed by atoms with Gasteiger partial charge in [-0.05, 0) is 19.4 Å². The third-order valence-corrected chi connectivity index (χ3v) is 2.58. The minimum atomic E-state index is -0.657. The molecule has 0 aliphatic rings. The molecular weight excluding hydrogens is 260 g/mol. The summed E-state index contributed by atoms with van der Waals surface area (Å²) >= 11 is 5.80. The van der Waals surface area contributed by atoms with Crippen molar-refractivity contribution in [3.8, 4) is 0 Å². The summed E-state index contributed by atoms with van der Waals surface area (Å²) in [6.45, 7) is 1.81. The van der Waals surface area contributed by atoms with Gasteiger partial charge in [-0.3, -0.25) is 14.9 Å². The Hall–Kier alpha value is -1.66. The van der Waals surface area contributed by atoms with Crippen LogP contribution in [0.1, 0.15) is 23.7 Å². The van der Waals surface area contributed by atoms with Gasteiger partial charge in [-0.25, -0.2) is 0 Å². The molecule has 6 nitrogen and oxygen atoms in total. The maximum absolute atomic E-state index is 11.8. The summed E-state index contributed by atoms with van der Waals surface area (Å²) in [6.07, 6.45) is -0.184. The van der Waals surface area contributed by atoms with Gasteiger partial charge in [-0.1, -0.05) is 17.7 Å². The van der Waals surface area contributed by atoms with Gasteiger partial charge in [0.1, 0.15) is 5.56 Å². The van der Waals surface area contributed by atoms with Gasteiger partial charge in [-0.2, -0.15) is 0 Å². The molecule has 98 valence electrons. The summed E-state index contributed by atoms with van der Waals surface area (Å²) in [7, 11) is 0. The summed E-state index contributed by atoms with van der Waals surface area (Å²) < 4.78 is 0. The molecule has 0 aliphatic heterocycles. The van der Waals surface area contributed by atoms with Crippen molar-refractivity contribution in [1.82, 2.24) is 5.32 Å². The number of benzene rings is 1. The first-order valence-electron chi connectivity index (χ1n) is 5.32. The average molecular weight is 273 g/mol. The first-order valence-corrected chi connectivity index (χ1v) is 5.70. The fourth-order valence-electron chi connectivity index (χ4n) is 1.37. The van der Waals surface area contributed by atoms with Crippen molar-refractivity contribution < 1.29 is 14.8 Å². The summed E-state index contributed by atoms with van der Waals surface area (Å²) in [5, 5.41) is 22.3. The van der Waals surface area contributed by atoms with Gasteiger partial charge in [0.05, 0.1) is 16.0 Å². The largest absolute Gasteiger partial charge is 0.393 e. The highest BCUT2D eigenvalue weighted by atomic mass is 35.5. The van der Waals surface area contributed by atoms with Gasteiger partial charge < -0.3 is 10.4 Å². The van der Waals surface area contributed by atoms with Crippen LogP contribution in [0, 0.1) is 10.1 Å². The number of amides is 1. The lowest BCUT2D eigenvalue weighted by Gasteiger charge is -2.08. The molecule has 0 fully saturated rings. The molecule has 0 saturated heterocycles. The van der Waals surface area contributed by atoms with Gasteiger partial charge in [0.25, 0.3) is 11.6 Å². The van der Waals surface area contributed by atoms with Crippen LogP contribution in [0.15, 0.2) is 18.2 Å². The van der Waals surface area contributed by atoms with Crippen molar-refractivity contribution in [2.45, 2.75) is 19.4 Å². The lowest BCUT2D eigenvalue weighted by molar-refractivity contribution is -0.385. The minimum Gasteiger partial charge on any atom is -0.393 e. The molecule has 0 spiro atoms. The fourth-order valence-corrected chi connectivity index (χ4v) is 1.63. The highest BCUT2D eigenvalue weighted by molar-refractivity contribution is 6.34. The van der Waals surface area contributed by atoms with E-state index < -0.39 is 16.9 Å². The molecule has 0 saturated carbocycles. The lowest BCUT2D eigenvalue weighted by atomic mass is 10.1. The molecule has 1 aromatic rings. The van der Waals surface area contributed by atoms with E-state index in [0.717, 1.165) is 0 Å². The minimum absolute atomic E-state index is 0.0266. The highest BCUT2D eigenvalue weighted by Gasteiger charge is 2.22. The van der Waals surface area contributed by atoms with Crippen molar-refractivity contribution in [3.05, 3.63) is 38.9 Å². The predicted molar refractivity (Wildman–Crippen MR) is 66.7 cm³/mol. The molecule has 1 rings (SSSR count). The quantitative estimate of drug-likeness (QED) is 0.631. The van der Waals surface area contributed by atoms with Crippen molar-refractivity contribution in [1.29, 1.82) is 0 Å². The number of nitro groups is 1. The maximum Gasteiger partial charge on any atom is 0.283 e. The van der Waals surface area contributed by atoms with E-state index in [1.807, 2.05) is 0 Å². The number of carbonyl (C=O) groups excluding carboxylic acids is 1. The number of halogens is 1. The number of nitro benzene ring substituents is 1. The average Bonchev–Trinajstić information content (AvgIpc) is 2.27. The molecule has 1 unspecified atom stereocenters. The SMILES string of the molecule is CC(O)CCNC(=O)c1c(Cl)cccc1[N+](=O)[O-]. The zero-order valence-electron chi connectivity index (χ0n) is 9.72. The first kappa shape index (κ1) is 14.4. The Labute approximate surface area is 109 Å². The maximum atomic E-state index is 11.8. The molecule has 0 radical (unpaired) electrons. The summed E-state index contributed by atoms with van der Waals surface area (Å²) in [5.74, 6) is -0.618. The Kier molecular flexibility index (Phi) is 5.06. The Bertz CT molecular complexity index is 462. The Morgan fingerprint density at radius 3 is 2.83 bits per heavy atom. The Morgan fingerprint density at radius 2 is 2.28 bits per heavy atom. The van der Waals surface area contributed by atoms with Crippen molar-refractivity contribution in [3.63, 3.8) is 0 Å². The second-order valence-electron chi connectivity index (χ2n) is 3.78. The molecule has 1 atom stereocenters. The van der Waals surface area contributed by atoms with E-state index >= 15 is 0 Å². The van der Waals surface area contributed by atoms with Crippen LogP contribution in [-0.2, 0) is 0 Å². The Balaban J connectivity index is 2.88. The van der Waals surface area contributed by atoms with Crippen molar-refractivity contribution in [2.75, 3.05) is 6.54 Å². The van der Waals surface area contributed by atoms with Gasteiger partial charge in [0, 0.05) is 12.6 Å². The van der Waals surface area contributed by atoms with Crippen LogP contribution in [0.3, 0.4) is 0 Å². The lowest BCUT2D eigenvalue weighted by Crippen LogP contribution is -2.27. The number of hydrogen-bond donors (Lipinski definition) is 2. The van der Waals surface area contributed by atoms with Crippen LogP contribution < -0.4 is 5.32 Å². The van der Waals surface area contributed by atoms with E-state index in [4.69, 9.17) is 16.7 Å². The van der Waals surface area contributed by atoms with E-state index in [9.17, 15) is 14.9 Å². The van der Waals surface area contributed by atoms with Crippen LogP contribution >= 0.6 is 11.6 Å². The molecule has 1 amide bonds. The third kappa shape index (κ3) is 3.68. The van der Waals surface area contributed by atoms with Crippen molar-refractivity contribution in [2.24, 2.45) is 0 Å². The molecule has 0 bridgehead atoms. The fraction of sp³-hybridized carbons (Fsp3) is 0.364. The number of carbonyl (C=O) groups is 1. The van der Waals surface area contributed by atoms with Crippen LogP contribution in [0.5, 0.6) is 0 Å². The highest BCUT2D eigenvalue weighted by Crippen LogP contribution is 2.25. The number of hydrogen-bond acceptors (Lipinski definition) is 4. The van der Waals surface area contributed by atoms with Gasteiger partial charge in [-0.15, -0.1) is 0 Å². The summed E-state index contributed by atoms with van der Waals surface area (Å²) in [4.78, 5) is 21.9. The normalized spacial score (nSPS) is 11.9. The molecular formula is C11H13ClN2O4. The van der Waals surface area contributed by atoms with Gasteiger partial charge >= 0.3 is 0 Å². The Morgan fingerprint density at radius 1 is 1.61 bits per heavy atom. The van der Waals surface area contributed by atoms with E-state index in [2.05, 4.69) is 5.32 Å². The topological polar surface area (TPSA) is 92.5 Å². The number of rotatable bonds is 5. The molecule has 1 aromatic carbocycles. The standard InChI is InChI=1S/C11H13ClN2O4/c1-7(15)5-6-13-11(16)10-8(12)3-2-4-9(10)14(17)18/h2-4,7,15H,5-6H2,1H3,(H,13,16). The summed E-state index contributed by atoms with van der Waals surface area (Å²) in [5.41, 5.74) is -0.494. The second kappa shape index (κ2) is 6.32. The zero-order valence-corrected chi connectivity index (χ0v) is 10.5. The molecule has 2 N–H and O–H groups in total. The number of nitrogens with zero attached hydrogens (tertiary/aromatic N) is 1. The molecule has 7 heteroatoms. The molecule has 0 heterocycles. The van der Waals surface area contributed by atoms with E-state index in [1.165, 1.54) is 18.2 Å². The molecule has 0 aromatic heterocycles. The number of nitrogens with one attached hydrogen (secondary N) is 1. The predicted octanol–water partition coefficient (Wildman–Crippen LogP) is 1.75. The number of aliphatic hydroxyl groups excluding tert-OH is 1. The van der Waals surface area contributed by atoms with Crippen LogP contribution in [0.2, 0.25) is 5.02 Å². The smallest absolute Gasteiger partial charge is 0.283 e. The molecule has 18 heavy (non-hydrogen) atoms. The zero-order chi connectivity index (χ0) is 13.7. The molecule has 0 aliphatic carbocycles. The summed E-state index contributed by atoms with van der Waals surface area (Å²) in [6, 6.07) is 4.04. The second-order valence-corrected chi connectivity index (χ2v) is 4.19. The number of aliphatic hydroxyl groups is 1. The van der Waals surface area contributed by atoms with Crippen molar-refractivity contribution >= 4 is 23.2 Å².